The molecule has 0 fully saturated rings. The Bertz CT molecular complexity index is 585. The fraction of sp³-hybridized carbons (Fsp3) is 0.286. The Kier molecular flexibility index (Phi) is 3.46. The van der Waals surface area contributed by atoms with Crippen LogP contribution in [-0.4, -0.2) is 16.1 Å². The van der Waals surface area contributed by atoms with Crippen LogP contribution in [0.3, 0.4) is 0 Å². The van der Waals surface area contributed by atoms with Crippen LogP contribution in [-0.2, 0) is 0 Å². The second kappa shape index (κ2) is 5.04. The average molecular weight is 244 g/mol. The molecule has 0 saturated carbocycles. The Morgan fingerprint density at radius 2 is 1.89 bits per heavy atom. The number of hydrogen-bond donors (Lipinski definition) is 1. The van der Waals surface area contributed by atoms with Crippen molar-refractivity contribution in [1.29, 1.82) is 0 Å². The van der Waals surface area contributed by atoms with Crippen molar-refractivity contribution in [3.05, 3.63) is 46.4 Å². The molecule has 1 heterocycles. The largest absolute Gasteiger partial charge is 0.491 e. The van der Waals surface area contributed by atoms with Crippen LogP contribution in [0.4, 0.5) is 0 Å². The molecule has 1 aromatic carbocycles. The van der Waals surface area contributed by atoms with E-state index in [1.807, 2.05) is 38.1 Å². The molecule has 2 rings (SSSR count). The monoisotopic (exact) mass is 244 g/mol. The zero-order valence-corrected chi connectivity index (χ0v) is 10.7. The Morgan fingerprint density at radius 1 is 1.22 bits per heavy atom. The van der Waals surface area contributed by atoms with Gasteiger partial charge in [0.2, 0.25) is 0 Å². The molecule has 0 amide bonds. The number of aromatic amines is 1. The molecule has 1 aromatic heterocycles. The SMILES string of the molecule is Cc1cc(=O)[nH]c(-c2ccc(OC(C)C)cc2)n1. The summed E-state index contributed by atoms with van der Waals surface area (Å²) in [7, 11) is 0. The van der Waals surface area contributed by atoms with Crippen molar-refractivity contribution in [3.63, 3.8) is 0 Å². The molecule has 0 aliphatic heterocycles. The number of rotatable bonds is 3. The molecule has 4 nitrogen and oxygen atoms in total. The molecule has 18 heavy (non-hydrogen) atoms. The van der Waals surface area contributed by atoms with Gasteiger partial charge in [-0.2, -0.15) is 0 Å². The first-order valence-electron chi connectivity index (χ1n) is 5.89. The summed E-state index contributed by atoms with van der Waals surface area (Å²) in [6, 6.07) is 8.99. The Morgan fingerprint density at radius 3 is 2.44 bits per heavy atom. The molecule has 4 heteroatoms. The van der Waals surface area contributed by atoms with Crippen LogP contribution in [0.15, 0.2) is 35.1 Å². The molecule has 0 radical (unpaired) electrons. The molecule has 0 unspecified atom stereocenters. The molecule has 0 atom stereocenters. The Hall–Kier alpha value is -2.10. The molecule has 0 aliphatic carbocycles. The van der Waals surface area contributed by atoms with Crippen molar-refractivity contribution in [1.82, 2.24) is 9.97 Å². The normalized spacial score (nSPS) is 10.7. The maximum Gasteiger partial charge on any atom is 0.251 e. The summed E-state index contributed by atoms with van der Waals surface area (Å²) in [5, 5.41) is 0. The van der Waals surface area contributed by atoms with E-state index in [0.29, 0.717) is 11.5 Å². The van der Waals surface area contributed by atoms with Crippen LogP contribution in [0.1, 0.15) is 19.5 Å². The zero-order chi connectivity index (χ0) is 13.1. The number of aryl methyl sites for hydroxylation is 1. The minimum atomic E-state index is -0.139. The van der Waals surface area contributed by atoms with Gasteiger partial charge in [0.1, 0.15) is 11.6 Å². The fourth-order valence-electron chi connectivity index (χ4n) is 1.68. The Balaban J connectivity index is 2.31. The van der Waals surface area contributed by atoms with Crippen molar-refractivity contribution >= 4 is 0 Å². The van der Waals surface area contributed by atoms with E-state index in [2.05, 4.69) is 9.97 Å². The van der Waals surface area contributed by atoms with E-state index < -0.39 is 0 Å². The second-order valence-corrected chi connectivity index (χ2v) is 4.43. The van der Waals surface area contributed by atoms with E-state index in [1.165, 1.54) is 6.07 Å². The summed E-state index contributed by atoms with van der Waals surface area (Å²) < 4.78 is 5.56. The highest BCUT2D eigenvalue weighted by Gasteiger charge is 2.03. The molecule has 0 saturated heterocycles. The predicted octanol–water partition coefficient (Wildman–Crippen LogP) is 2.53. The topological polar surface area (TPSA) is 55.0 Å². The number of nitrogens with zero attached hydrogens (tertiary/aromatic N) is 1. The first kappa shape index (κ1) is 12.4. The van der Waals surface area contributed by atoms with Gasteiger partial charge in [-0.15, -0.1) is 0 Å². The summed E-state index contributed by atoms with van der Waals surface area (Å²) >= 11 is 0. The van der Waals surface area contributed by atoms with Crippen LogP contribution in [0.5, 0.6) is 5.75 Å². The number of nitrogens with one attached hydrogen (secondary N) is 1. The standard InChI is InChI=1S/C14H16N2O2/c1-9(2)18-12-6-4-11(5-7-12)14-15-10(3)8-13(17)16-14/h4-9H,1-3H3,(H,15,16,17). The number of hydrogen-bond acceptors (Lipinski definition) is 3. The Labute approximate surface area is 106 Å². The van der Waals surface area contributed by atoms with Crippen LogP contribution < -0.4 is 10.3 Å². The summed E-state index contributed by atoms with van der Waals surface area (Å²) in [6.07, 6.45) is 0.146. The molecule has 0 bridgehead atoms. The van der Waals surface area contributed by atoms with Crippen molar-refractivity contribution in [2.24, 2.45) is 0 Å². The lowest BCUT2D eigenvalue weighted by atomic mass is 10.2. The van der Waals surface area contributed by atoms with E-state index in [4.69, 9.17) is 4.74 Å². The van der Waals surface area contributed by atoms with Crippen LogP contribution >= 0.6 is 0 Å². The van der Waals surface area contributed by atoms with Gasteiger partial charge in [-0.3, -0.25) is 4.79 Å². The lowest BCUT2D eigenvalue weighted by Crippen LogP contribution is -2.08. The first-order chi connectivity index (χ1) is 8.54. The maximum atomic E-state index is 11.4. The van der Waals surface area contributed by atoms with Gasteiger partial charge in [-0.1, -0.05) is 0 Å². The van der Waals surface area contributed by atoms with Crippen molar-refractivity contribution in [2.45, 2.75) is 26.9 Å². The lowest BCUT2D eigenvalue weighted by molar-refractivity contribution is 0.242. The highest BCUT2D eigenvalue weighted by Crippen LogP contribution is 2.19. The molecule has 2 aromatic rings. The third-order valence-corrected chi connectivity index (χ3v) is 2.37. The number of aromatic nitrogens is 2. The molecular weight excluding hydrogens is 228 g/mol. The minimum absolute atomic E-state index is 0.139. The third kappa shape index (κ3) is 2.97. The van der Waals surface area contributed by atoms with Gasteiger partial charge >= 0.3 is 0 Å². The molecule has 0 aliphatic rings. The average Bonchev–Trinajstić information content (AvgIpc) is 2.27. The molecule has 94 valence electrons. The van der Waals surface area contributed by atoms with Gasteiger partial charge in [-0.05, 0) is 45.0 Å². The van der Waals surface area contributed by atoms with Crippen molar-refractivity contribution in [2.75, 3.05) is 0 Å². The number of H-pyrrole nitrogens is 1. The van der Waals surface area contributed by atoms with Gasteiger partial charge in [0, 0.05) is 17.3 Å². The summed E-state index contributed by atoms with van der Waals surface area (Å²) in [5.41, 5.74) is 1.43. The molecule has 0 spiro atoms. The number of benzene rings is 1. The zero-order valence-electron chi connectivity index (χ0n) is 10.7. The fourth-order valence-corrected chi connectivity index (χ4v) is 1.68. The van der Waals surface area contributed by atoms with E-state index in [9.17, 15) is 4.79 Å². The summed E-state index contributed by atoms with van der Waals surface area (Å²) in [6.45, 7) is 5.76. The van der Waals surface area contributed by atoms with E-state index in [1.54, 1.807) is 6.92 Å². The second-order valence-electron chi connectivity index (χ2n) is 4.43. The van der Waals surface area contributed by atoms with Gasteiger partial charge in [0.15, 0.2) is 0 Å². The first-order valence-corrected chi connectivity index (χ1v) is 5.89. The summed E-state index contributed by atoms with van der Waals surface area (Å²) in [4.78, 5) is 18.4. The highest BCUT2D eigenvalue weighted by molar-refractivity contribution is 5.56. The van der Waals surface area contributed by atoms with Gasteiger partial charge in [0.25, 0.3) is 5.56 Å². The minimum Gasteiger partial charge on any atom is -0.491 e. The van der Waals surface area contributed by atoms with Crippen LogP contribution in [0, 0.1) is 6.92 Å². The van der Waals surface area contributed by atoms with Crippen molar-refractivity contribution < 1.29 is 4.74 Å². The number of ether oxygens (including phenoxy) is 1. The van der Waals surface area contributed by atoms with E-state index in [0.717, 1.165) is 11.3 Å². The van der Waals surface area contributed by atoms with Crippen LogP contribution in [0.2, 0.25) is 0 Å². The lowest BCUT2D eigenvalue weighted by Gasteiger charge is -2.09. The highest BCUT2D eigenvalue weighted by atomic mass is 16.5. The van der Waals surface area contributed by atoms with Gasteiger partial charge < -0.3 is 9.72 Å². The molecular formula is C14H16N2O2. The van der Waals surface area contributed by atoms with E-state index in [-0.39, 0.29) is 11.7 Å². The van der Waals surface area contributed by atoms with E-state index >= 15 is 0 Å². The summed E-state index contributed by atoms with van der Waals surface area (Å²) in [5.74, 6) is 1.39. The predicted molar refractivity (Wildman–Crippen MR) is 70.8 cm³/mol. The smallest absolute Gasteiger partial charge is 0.251 e. The maximum absolute atomic E-state index is 11.4. The molecule has 1 N–H and O–H groups in total. The van der Waals surface area contributed by atoms with Crippen molar-refractivity contribution in [3.8, 4) is 17.1 Å². The van der Waals surface area contributed by atoms with Gasteiger partial charge in [-0.25, -0.2) is 4.98 Å². The van der Waals surface area contributed by atoms with Gasteiger partial charge in [0.05, 0.1) is 6.10 Å². The third-order valence-electron chi connectivity index (χ3n) is 2.37. The van der Waals surface area contributed by atoms with Crippen LogP contribution in [0.25, 0.3) is 11.4 Å². The quantitative estimate of drug-likeness (QED) is 0.902.